The van der Waals surface area contributed by atoms with Crippen LogP contribution in [0.15, 0.2) is 51.8 Å². The van der Waals surface area contributed by atoms with Gasteiger partial charge in [-0.3, -0.25) is 4.79 Å². The molecule has 6 nitrogen and oxygen atoms in total. The molecule has 0 fully saturated rings. The van der Waals surface area contributed by atoms with E-state index < -0.39 is 15.9 Å². The highest BCUT2D eigenvalue weighted by Gasteiger charge is 2.22. The van der Waals surface area contributed by atoms with Crippen LogP contribution in [-0.2, 0) is 14.8 Å². The predicted octanol–water partition coefficient (Wildman–Crippen LogP) is 4.15. The van der Waals surface area contributed by atoms with Gasteiger partial charge in [0.15, 0.2) is 6.61 Å². The zero-order chi connectivity index (χ0) is 20.0. The Bertz CT molecular complexity index is 917. The van der Waals surface area contributed by atoms with E-state index >= 15 is 0 Å². The van der Waals surface area contributed by atoms with Crippen molar-refractivity contribution in [2.75, 3.05) is 25.0 Å². The first-order valence-corrected chi connectivity index (χ1v) is 10.9. The standard InChI is InChI=1S/C18H20BrClN2O4S/c1-3-22(4-2)27(24,25)15-8-9-16(20)17(11-15)21-18(23)12-26-14-7-5-6-13(19)10-14/h5-11H,3-4,12H2,1-2H3,(H,21,23). The lowest BCUT2D eigenvalue weighted by molar-refractivity contribution is -0.118. The van der Waals surface area contributed by atoms with Gasteiger partial charge in [-0.1, -0.05) is 47.4 Å². The Kier molecular flexibility index (Phi) is 7.67. The summed E-state index contributed by atoms with van der Waals surface area (Å²) in [5, 5.41) is 2.83. The summed E-state index contributed by atoms with van der Waals surface area (Å²) in [6.45, 7) is 3.99. The molecule has 0 saturated carbocycles. The quantitative estimate of drug-likeness (QED) is 0.622. The van der Waals surface area contributed by atoms with Crippen molar-refractivity contribution >= 4 is 49.1 Å². The van der Waals surface area contributed by atoms with Gasteiger partial charge >= 0.3 is 0 Å². The van der Waals surface area contributed by atoms with Crippen LogP contribution in [0.2, 0.25) is 5.02 Å². The second-order valence-corrected chi connectivity index (χ2v) is 8.79. The first kappa shape index (κ1) is 21.7. The topological polar surface area (TPSA) is 75.7 Å². The molecule has 0 aliphatic heterocycles. The van der Waals surface area contributed by atoms with Crippen molar-refractivity contribution in [1.82, 2.24) is 4.31 Å². The molecule has 1 amide bonds. The number of hydrogen-bond donors (Lipinski definition) is 1. The molecule has 0 radical (unpaired) electrons. The van der Waals surface area contributed by atoms with Gasteiger partial charge < -0.3 is 10.1 Å². The third-order valence-electron chi connectivity index (χ3n) is 3.72. The van der Waals surface area contributed by atoms with E-state index in [0.29, 0.717) is 18.8 Å². The highest BCUT2D eigenvalue weighted by Crippen LogP contribution is 2.27. The molecule has 0 aliphatic carbocycles. The van der Waals surface area contributed by atoms with Gasteiger partial charge in [-0.05, 0) is 36.4 Å². The molecule has 146 valence electrons. The van der Waals surface area contributed by atoms with Crippen molar-refractivity contribution in [1.29, 1.82) is 0 Å². The molecule has 0 aromatic heterocycles. The van der Waals surface area contributed by atoms with Crippen LogP contribution in [0.1, 0.15) is 13.8 Å². The minimum absolute atomic E-state index is 0.0683. The van der Waals surface area contributed by atoms with Crippen LogP contribution in [-0.4, -0.2) is 38.3 Å². The Morgan fingerprint density at radius 1 is 1.19 bits per heavy atom. The van der Waals surface area contributed by atoms with E-state index in [2.05, 4.69) is 21.2 Å². The Balaban J connectivity index is 2.13. The third-order valence-corrected chi connectivity index (χ3v) is 6.59. The van der Waals surface area contributed by atoms with Gasteiger partial charge in [0.2, 0.25) is 10.0 Å². The molecule has 0 heterocycles. The number of amides is 1. The number of anilines is 1. The molecular weight excluding hydrogens is 456 g/mol. The van der Waals surface area contributed by atoms with Gasteiger partial charge in [0.05, 0.1) is 15.6 Å². The third kappa shape index (κ3) is 5.68. The maximum atomic E-state index is 12.6. The largest absolute Gasteiger partial charge is 0.484 e. The summed E-state index contributed by atoms with van der Waals surface area (Å²) in [4.78, 5) is 12.2. The van der Waals surface area contributed by atoms with Crippen molar-refractivity contribution in [2.45, 2.75) is 18.7 Å². The Hall–Kier alpha value is -1.61. The summed E-state index contributed by atoms with van der Waals surface area (Å²) in [5.41, 5.74) is 0.216. The molecule has 2 aromatic carbocycles. The van der Waals surface area contributed by atoms with Crippen LogP contribution in [0.4, 0.5) is 5.69 Å². The average Bonchev–Trinajstić information content (AvgIpc) is 2.62. The van der Waals surface area contributed by atoms with Crippen molar-refractivity contribution in [3.63, 3.8) is 0 Å². The zero-order valence-corrected chi connectivity index (χ0v) is 18.1. The van der Waals surface area contributed by atoms with E-state index in [1.54, 1.807) is 32.0 Å². The van der Waals surface area contributed by atoms with Gasteiger partial charge in [-0.25, -0.2) is 8.42 Å². The average molecular weight is 476 g/mol. The number of ether oxygens (including phenoxy) is 1. The van der Waals surface area contributed by atoms with Crippen LogP contribution < -0.4 is 10.1 Å². The summed E-state index contributed by atoms with van der Waals surface area (Å²) >= 11 is 9.43. The summed E-state index contributed by atoms with van der Waals surface area (Å²) in [5.74, 6) is 0.0812. The van der Waals surface area contributed by atoms with Crippen LogP contribution in [0.3, 0.4) is 0 Å². The number of hydrogen-bond acceptors (Lipinski definition) is 4. The molecule has 1 N–H and O–H groups in total. The monoisotopic (exact) mass is 474 g/mol. The lowest BCUT2D eigenvalue weighted by atomic mass is 10.3. The second-order valence-electron chi connectivity index (χ2n) is 5.53. The van der Waals surface area contributed by atoms with Gasteiger partial charge in [-0.2, -0.15) is 4.31 Å². The smallest absolute Gasteiger partial charge is 0.262 e. The fourth-order valence-corrected chi connectivity index (χ4v) is 4.39. The maximum absolute atomic E-state index is 12.6. The normalized spacial score (nSPS) is 11.4. The van der Waals surface area contributed by atoms with E-state index in [9.17, 15) is 13.2 Å². The highest BCUT2D eigenvalue weighted by molar-refractivity contribution is 9.10. The van der Waals surface area contributed by atoms with Crippen LogP contribution in [0.25, 0.3) is 0 Å². The molecule has 0 aliphatic rings. The van der Waals surface area contributed by atoms with Crippen LogP contribution >= 0.6 is 27.5 Å². The number of nitrogens with one attached hydrogen (secondary N) is 1. The molecule has 27 heavy (non-hydrogen) atoms. The molecular formula is C18H20BrClN2O4S. The highest BCUT2D eigenvalue weighted by atomic mass is 79.9. The summed E-state index contributed by atoms with van der Waals surface area (Å²) in [7, 11) is -3.65. The first-order valence-electron chi connectivity index (χ1n) is 8.25. The SMILES string of the molecule is CCN(CC)S(=O)(=O)c1ccc(Cl)c(NC(=O)COc2cccc(Br)c2)c1. The number of sulfonamides is 1. The molecule has 0 atom stereocenters. The summed E-state index contributed by atoms with van der Waals surface area (Å²) in [6, 6.07) is 11.3. The van der Waals surface area contributed by atoms with E-state index in [0.717, 1.165) is 4.47 Å². The Morgan fingerprint density at radius 3 is 2.52 bits per heavy atom. The Morgan fingerprint density at radius 2 is 1.89 bits per heavy atom. The van der Waals surface area contributed by atoms with Crippen LogP contribution in [0.5, 0.6) is 5.75 Å². The number of rotatable bonds is 8. The van der Waals surface area contributed by atoms with Crippen molar-refractivity contribution in [2.24, 2.45) is 0 Å². The first-order chi connectivity index (χ1) is 12.8. The molecule has 0 spiro atoms. The number of carbonyl (C=O) groups excluding carboxylic acids is 1. The molecule has 2 rings (SSSR count). The van der Waals surface area contributed by atoms with Crippen molar-refractivity contribution in [3.05, 3.63) is 52.0 Å². The van der Waals surface area contributed by atoms with Gasteiger partial charge in [0.1, 0.15) is 5.75 Å². The van der Waals surface area contributed by atoms with E-state index in [-0.39, 0.29) is 22.2 Å². The molecule has 0 unspecified atom stereocenters. The lowest BCUT2D eigenvalue weighted by Gasteiger charge is -2.19. The molecule has 0 saturated heterocycles. The van der Waals surface area contributed by atoms with E-state index in [1.165, 1.54) is 22.5 Å². The summed E-state index contributed by atoms with van der Waals surface area (Å²) < 4.78 is 32.8. The van der Waals surface area contributed by atoms with Crippen LogP contribution in [0, 0.1) is 0 Å². The predicted molar refractivity (Wildman–Crippen MR) is 110 cm³/mol. The minimum atomic E-state index is -3.65. The summed E-state index contributed by atoms with van der Waals surface area (Å²) in [6.07, 6.45) is 0. The van der Waals surface area contributed by atoms with E-state index in [4.69, 9.17) is 16.3 Å². The van der Waals surface area contributed by atoms with Gasteiger partial charge in [-0.15, -0.1) is 0 Å². The molecule has 9 heteroatoms. The fourth-order valence-electron chi connectivity index (χ4n) is 2.37. The van der Waals surface area contributed by atoms with Gasteiger partial charge in [0.25, 0.3) is 5.91 Å². The zero-order valence-electron chi connectivity index (χ0n) is 14.9. The lowest BCUT2D eigenvalue weighted by Crippen LogP contribution is -2.30. The second kappa shape index (κ2) is 9.54. The van der Waals surface area contributed by atoms with Crippen molar-refractivity contribution < 1.29 is 17.9 Å². The number of carbonyl (C=O) groups is 1. The Labute approximate surface area is 172 Å². The molecule has 0 bridgehead atoms. The van der Waals surface area contributed by atoms with E-state index in [1.807, 2.05) is 6.07 Å². The number of halogens is 2. The number of nitrogens with zero attached hydrogens (tertiary/aromatic N) is 1. The minimum Gasteiger partial charge on any atom is -0.484 e. The van der Waals surface area contributed by atoms with Crippen molar-refractivity contribution in [3.8, 4) is 5.75 Å². The van der Waals surface area contributed by atoms with Gasteiger partial charge in [0, 0.05) is 17.6 Å². The maximum Gasteiger partial charge on any atom is 0.262 e. The molecule has 2 aromatic rings. The number of benzene rings is 2. The fraction of sp³-hybridized carbons (Fsp3) is 0.278.